The molecule has 0 aliphatic carbocycles. The summed E-state index contributed by atoms with van der Waals surface area (Å²) in [7, 11) is -3.83. The first-order valence-electron chi connectivity index (χ1n) is 10.9. The summed E-state index contributed by atoms with van der Waals surface area (Å²) in [5.41, 5.74) is 2.10. The number of halogens is 1. The van der Waals surface area contributed by atoms with Gasteiger partial charge in [0.25, 0.3) is 21.6 Å². The molecule has 0 saturated carbocycles. The Morgan fingerprint density at radius 2 is 1.49 bits per heavy atom. The third-order valence-electron chi connectivity index (χ3n) is 5.24. The SMILES string of the molecule is O=C(Nc1ccc(S(=O)(=O)Nc2ccc(Br)cc2)cc1)/C(=C\c1cccc([N+](=O)[O-])c1)c1ccccc1. The summed E-state index contributed by atoms with van der Waals surface area (Å²) in [4.78, 5) is 23.9. The third kappa shape index (κ3) is 6.69. The van der Waals surface area contributed by atoms with Crippen LogP contribution in [0.25, 0.3) is 11.6 Å². The van der Waals surface area contributed by atoms with Crippen LogP contribution in [0.4, 0.5) is 17.1 Å². The number of amides is 1. The normalized spacial score (nSPS) is 11.5. The molecule has 186 valence electrons. The van der Waals surface area contributed by atoms with Gasteiger partial charge in [0.15, 0.2) is 0 Å². The molecule has 0 bridgehead atoms. The number of non-ortho nitro benzene ring substituents is 1. The predicted octanol–water partition coefficient (Wildman–Crippen LogP) is 6.34. The first-order valence-corrected chi connectivity index (χ1v) is 13.2. The predicted molar refractivity (Wildman–Crippen MR) is 147 cm³/mol. The second-order valence-corrected chi connectivity index (χ2v) is 10.5. The lowest BCUT2D eigenvalue weighted by Crippen LogP contribution is -2.15. The highest BCUT2D eigenvalue weighted by Crippen LogP contribution is 2.24. The van der Waals surface area contributed by atoms with Gasteiger partial charge >= 0.3 is 0 Å². The number of benzene rings is 4. The highest BCUT2D eigenvalue weighted by atomic mass is 79.9. The second-order valence-electron chi connectivity index (χ2n) is 7.87. The molecule has 10 heteroatoms. The van der Waals surface area contributed by atoms with Crippen LogP contribution in [-0.4, -0.2) is 19.2 Å². The van der Waals surface area contributed by atoms with E-state index in [9.17, 15) is 23.3 Å². The van der Waals surface area contributed by atoms with Gasteiger partial charge in [-0.1, -0.05) is 58.4 Å². The Hall–Kier alpha value is -4.28. The molecule has 0 aliphatic heterocycles. The highest BCUT2D eigenvalue weighted by Gasteiger charge is 2.16. The van der Waals surface area contributed by atoms with Crippen molar-refractivity contribution in [2.24, 2.45) is 0 Å². The Morgan fingerprint density at radius 3 is 2.14 bits per heavy atom. The van der Waals surface area contributed by atoms with Gasteiger partial charge in [-0.2, -0.15) is 0 Å². The topological polar surface area (TPSA) is 118 Å². The van der Waals surface area contributed by atoms with Gasteiger partial charge in [-0.15, -0.1) is 0 Å². The maximum absolute atomic E-state index is 13.2. The van der Waals surface area contributed by atoms with E-state index in [1.54, 1.807) is 66.7 Å². The number of sulfonamides is 1. The molecule has 0 aliphatic rings. The molecule has 4 aromatic rings. The number of carbonyl (C=O) groups excluding carboxylic acids is 1. The van der Waals surface area contributed by atoms with Gasteiger partial charge in [-0.25, -0.2) is 8.42 Å². The van der Waals surface area contributed by atoms with Crippen molar-refractivity contribution in [1.29, 1.82) is 0 Å². The van der Waals surface area contributed by atoms with Crippen molar-refractivity contribution in [2.75, 3.05) is 10.0 Å². The van der Waals surface area contributed by atoms with Crippen LogP contribution in [0.1, 0.15) is 11.1 Å². The fraction of sp³-hybridized carbons (Fsp3) is 0. The molecule has 0 radical (unpaired) electrons. The van der Waals surface area contributed by atoms with E-state index in [0.29, 0.717) is 22.5 Å². The Kier molecular flexibility index (Phi) is 7.80. The Balaban J connectivity index is 1.57. The van der Waals surface area contributed by atoms with Gasteiger partial charge in [-0.3, -0.25) is 19.6 Å². The van der Waals surface area contributed by atoms with Gasteiger partial charge in [0.1, 0.15) is 0 Å². The van der Waals surface area contributed by atoms with Crippen molar-refractivity contribution in [3.63, 3.8) is 0 Å². The van der Waals surface area contributed by atoms with E-state index in [-0.39, 0.29) is 16.2 Å². The summed E-state index contributed by atoms with van der Waals surface area (Å²) in [6, 6.07) is 27.3. The summed E-state index contributed by atoms with van der Waals surface area (Å²) >= 11 is 3.31. The van der Waals surface area contributed by atoms with Crippen molar-refractivity contribution in [2.45, 2.75) is 4.90 Å². The fourth-order valence-electron chi connectivity index (χ4n) is 3.44. The Morgan fingerprint density at radius 1 is 0.838 bits per heavy atom. The van der Waals surface area contributed by atoms with E-state index in [4.69, 9.17) is 0 Å². The quantitative estimate of drug-likeness (QED) is 0.110. The number of nitrogens with one attached hydrogen (secondary N) is 2. The van der Waals surface area contributed by atoms with Crippen molar-refractivity contribution >= 4 is 60.6 Å². The molecular weight excluding hydrogens is 558 g/mol. The molecule has 0 heterocycles. The molecule has 8 nitrogen and oxygen atoms in total. The average molecular weight is 578 g/mol. The minimum Gasteiger partial charge on any atom is -0.322 e. The first-order chi connectivity index (χ1) is 17.7. The largest absolute Gasteiger partial charge is 0.322 e. The molecule has 0 fully saturated rings. The van der Waals surface area contributed by atoms with Crippen LogP contribution < -0.4 is 10.0 Å². The molecule has 0 spiro atoms. The van der Waals surface area contributed by atoms with E-state index >= 15 is 0 Å². The van der Waals surface area contributed by atoms with Crippen LogP contribution in [0.2, 0.25) is 0 Å². The van der Waals surface area contributed by atoms with Gasteiger partial charge in [-0.05, 0) is 65.7 Å². The zero-order chi connectivity index (χ0) is 26.4. The van der Waals surface area contributed by atoms with Crippen LogP contribution in [0.5, 0.6) is 0 Å². The average Bonchev–Trinajstić information content (AvgIpc) is 2.89. The molecule has 4 rings (SSSR count). The summed E-state index contributed by atoms with van der Waals surface area (Å²) in [5, 5.41) is 13.9. The van der Waals surface area contributed by atoms with Crippen LogP contribution >= 0.6 is 15.9 Å². The monoisotopic (exact) mass is 577 g/mol. The second kappa shape index (κ2) is 11.2. The van der Waals surface area contributed by atoms with Crippen molar-refractivity contribution in [3.05, 3.63) is 129 Å². The smallest absolute Gasteiger partial charge is 0.270 e. The van der Waals surface area contributed by atoms with E-state index in [2.05, 4.69) is 26.0 Å². The molecule has 1 amide bonds. The van der Waals surface area contributed by atoms with Crippen LogP contribution in [0.15, 0.2) is 112 Å². The number of hydrogen-bond donors (Lipinski definition) is 2. The lowest BCUT2D eigenvalue weighted by molar-refractivity contribution is -0.384. The minimum atomic E-state index is -3.83. The molecule has 0 unspecified atom stereocenters. The van der Waals surface area contributed by atoms with Crippen molar-refractivity contribution in [1.82, 2.24) is 0 Å². The van der Waals surface area contributed by atoms with Gasteiger partial charge in [0.05, 0.1) is 9.82 Å². The molecule has 4 aromatic carbocycles. The van der Waals surface area contributed by atoms with Gasteiger partial charge < -0.3 is 5.32 Å². The first kappa shape index (κ1) is 25.8. The number of nitro groups is 1. The van der Waals surface area contributed by atoms with E-state index in [1.165, 1.54) is 36.4 Å². The number of rotatable bonds is 8. The Labute approximate surface area is 222 Å². The van der Waals surface area contributed by atoms with Crippen molar-refractivity contribution < 1.29 is 18.1 Å². The zero-order valence-electron chi connectivity index (χ0n) is 19.2. The molecule has 0 aromatic heterocycles. The summed E-state index contributed by atoms with van der Waals surface area (Å²) in [6.45, 7) is 0. The summed E-state index contributed by atoms with van der Waals surface area (Å²) < 4.78 is 28.8. The summed E-state index contributed by atoms with van der Waals surface area (Å²) in [6.07, 6.45) is 1.57. The number of hydrogen-bond acceptors (Lipinski definition) is 5. The molecule has 2 N–H and O–H groups in total. The molecular formula is C27H20BrN3O5S. The lowest BCUT2D eigenvalue weighted by atomic mass is 10.0. The van der Waals surface area contributed by atoms with Gasteiger partial charge in [0.2, 0.25) is 0 Å². The molecule has 0 atom stereocenters. The number of nitro benzene ring substituents is 1. The number of anilines is 2. The number of carbonyl (C=O) groups is 1. The van der Waals surface area contributed by atoms with Gasteiger partial charge in [0, 0.05) is 33.6 Å². The number of nitrogens with zero attached hydrogens (tertiary/aromatic N) is 1. The lowest BCUT2D eigenvalue weighted by Gasteiger charge is -2.11. The van der Waals surface area contributed by atoms with E-state index in [1.807, 2.05) is 6.07 Å². The van der Waals surface area contributed by atoms with E-state index < -0.39 is 20.9 Å². The van der Waals surface area contributed by atoms with E-state index in [0.717, 1.165) is 4.47 Å². The minimum absolute atomic E-state index is 0.0313. The third-order valence-corrected chi connectivity index (χ3v) is 7.17. The van der Waals surface area contributed by atoms with Crippen LogP contribution in [-0.2, 0) is 14.8 Å². The van der Waals surface area contributed by atoms with Crippen LogP contribution in [0.3, 0.4) is 0 Å². The maximum Gasteiger partial charge on any atom is 0.270 e. The standard InChI is InChI=1S/C27H20BrN3O5S/c28-21-9-11-23(12-10-21)30-37(35,36)25-15-13-22(14-16-25)29-27(32)26(20-6-2-1-3-7-20)18-19-5-4-8-24(17-19)31(33)34/h1-18,30H,(H,29,32)/b26-18-. The summed E-state index contributed by atoms with van der Waals surface area (Å²) in [5.74, 6) is -0.457. The molecule has 0 saturated heterocycles. The Bertz CT molecular complexity index is 1570. The molecule has 37 heavy (non-hydrogen) atoms. The maximum atomic E-state index is 13.2. The highest BCUT2D eigenvalue weighted by molar-refractivity contribution is 9.10. The van der Waals surface area contributed by atoms with Crippen LogP contribution in [0, 0.1) is 10.1 Å². The fourth-order valence-corrected chi connectivity index (χ4v) is 4.76. The van der Waals surface area contributed by atoms with Crippen molar-refractivity contribution in [3.8, 4) is 0 Å². The zero-order valence-corrected chi connectivity index (χ0v) is 21.6.